The van der Waals surface area contributed by atoms with Gasteiger partial charge in [0, 0.05) is 21.8 Å². The van der Waals surface area contributed by atoms with Crippen molar-refractivity contribution in [3.63, 3.8) is 0 Å². The molecular formula is C24H20ClNO4. The molecule has 0 saturated heterocycles. The van der Waals surface area contributed by atoms with Crippen LogP contribution in [0.1, 0.15) is 11.1 Å². The topological polar surface area (TPSA) is 56.8 Å². The maximum absolute atomic E-state index is 12.7. The number of hydrogen-bond acceptors (Lipinski definition) is 4. The Hall–Kier alpha value is -3.44. The quantitative estimate of drug-likeness (QED) is 0.550. The van der Waals surface area contributed by atoms with Crippen molar-refractivity contribution in [1.82, 2.24) is 0 Å². The summed E-state index contributed by atoms with van der Waals surface area (Å²) in [4.78, 5) is 12.7. The second kappa shape index (κ2) is 8.13. The zero-order valence-electron chi connectivity index (χ0n) is 16.8. The van der Waals surface area contributed by atoms with Gasteiger partial charge in [0.25, 0.3) is 5.91 Å². The molecule has 0 bridgehead atoms. The number of carbonyl (C=O) groups is 1. The van der Waals surface area contributed by atoms with Gasteiger partial charge in [0.2, 0.25) is 0 Å². The van der Waals surface area contributed by atoms with E-state index in [0.29, 0.717) is 22.1 Å². The Labute approximate surface area is 179 Å². The Morgan fingerprint density at radius 3 is 2.37 bits per heavy atom. The SMILES string of the molecule is COc1cccc(-c2cc(OC)c(OC)cc2/C=C2/C(=O)Nc3ccc(Cl)cc32)c1. The summed E-state index contributed by atoms with van der Waals surface area (Å²) >= 11 is 6.17. The van der Waals surface area contributed by atoms with E-state index in [-0.39, 0.29) is 5.91 Å². The van der Waals surface area contributed by atoms with Crippen molar-refractivity contribution in [3.8, 4) is 28.4 Å². The third kappa shape index (κ3) is 3.60. The summed E-state index contributed by atoms with van der Waals surface area (Å²) in [6.45, 7) is 0. The normalized spacial score (nSPS) is 13.7. The molecule has 6 heteroatoms. The number of hydrogen-bond donors (Lipinski definition) is 1. The first-order chi connectivity index (χ1) is 14.5. The number of amides is 1. The molecule has 0 spiro atoms. The van der Waals surface area contributed by atoms with Crippen LogP contribution in [0.4, 0.5) is 5.69 Å². The summed E-state index contributed by atoms with van der Waals surface area (Å²) in [5, 5.41) is 3.45. The second-order valence-corrected chi connectivity index (χ2v) is 7.16. The fourth-order valence-corrected chi connectivity index (χ4v) is 3.69. The van der Waals surface area contributed by atoms with Crippen molar-refractivity contribution in [2.45, 2.75) is 0 Å². The average Bonchev–Trinajstić information content (AvgIpc) is 3.07. The molecule has 30 heavy (non-hydrogen) atoms. The van der Waals surface area contributed by atoms with Gasteiger partial charge in [-0.15, -0.1) is 0 Å². The van der Waals surface area contributed by atoms with Crippen LogP contribution in [-0.2, 0) is 4.79 Å². The smallest absolute Gasteiger partial charge is 0.256 e. The highest BCUT2D eigenvalue weighted by molar-refractivity contribution is 6.37. The van der Waals surface area contributed by atoms with Gasteiger partial charge < -0.3 is 19.5 Å². The van der Waals surface area contributed by atoms with Crippen LogP contribution in [-0.4, -0.2) is 27.2 Å². The van der Waals surface area contributed by atoms with Gasteiger partial charge in [0.05, 0.1) is 21.3 Å². The van der Waals surface area contributed by atoms with E-state index >= 15 is 0 Å². The molecule has 0 unspecified atom stereocenters. The summed E-state index contributed by atoms with van der Waals surface area (Å²) in [7, 11) is 4.80. The third-order valence-electron chi connectivity index (χ3n) is 5.00. The van der Waals surface area contributed by atoms with Gasteiger partial charge >= 0.3 is 0 Å². The van der Waals surface area contributed by atoms with E-state index in [2.05, 4.69) is 5.32 Å². The van der Waals surface area contributed by atoms with E-state index in [1.165, 1.54) is 0 Å². The molecule has 0 atom stereocenters. The first-order valence-electron chi connectivity index (χ1n) is 9.27. The molecule has 1 amide bonds. The van der Waals surface area contributed by atoms with Gasteiger partial charge in [-0.25, -0.2) is 0 Å². The zero-order valence-corrected chi connectivity index (χ0v) is 17.5. The number of fused-ring (bicyclic) bond motifs is 1. The predicted octanol–water partition coefficient (Wildman–Crippen LogP) is 5.53. The fourth-order valence-electron chi connectivity index (χ4n) is 3.51. The van der Waals surface area contributed by atoms with Crippen molar-refractivity contribution in [2.24, 2.45) is 0 Å². The lowest BCUT2D eigenvalue weighted by Crippen LogP contribution is -2.03. The molecule has 1 aliphatic rings. The molecule has 0 saturated carbocycles. The van der Waals surface area contributed by atoms with E-state index in [0.717, 1.165) is 33.7 Å². The maximum atomic E-state index is 12.7. The molecule has 0 aliphatic carbocycles. The van der Waals surface area contributed by atoms with Crippen molar-refractivity contribution >= 4 is 34.8 Å². The van der Waals surface area contributed by atoms with E-state index in [4.69, 9.17) is 25.8 Å². The minimum Gasteiger partial charge on any atom is -0.497 e. The van der Waals surface area contributed by atoms with Gasteiger partial charge in [0.1, 0.15) is 5.75 Å². The molecule has 1 N–H and O–H groups in total. The molecule has 0 aromatic heterocycles. The van der Waals surface area contributed by atoms with Gasteiger partial charge in [-0.05, 0) is 65.2 Å². The average molecular weight is 422 g/mol. The van der Waals surface area contributed by atoms with Crippen LogP contribution in [0.2, 0.25) is 5.02 Å². The molecule has 1 heterocycles. The molecule has 4 rings (SSSR count). The summed E-state index contributed by atoms with van der Waals surface area (Å²) in [6.07, 6.45) is 1.84. The largest absolute Gasteiger partial charge is 0.497 e. The lowest BCUT2D eigenvalue weighted by molar-refractivity contribution is -0.110. The first-order valence-corrected chi connectivity index (χ1v) is 9.65. The number of nitrogens with one attached hydrogen (secondary N) is 1. The van der Waals surface area contributed by atoms with Crippen LogP contribution in [0.5, 0.6) is 17.2 Å². The van der Waals surface area contributed by atoms with Crippen molar-refractivity contribution < 1.29 is 19.0 Å². The predicted molar refractivity (Wildman–Crippen MR) is 119 cm³/mol. The van der Waals surface area contributed by atoms with Crippen LogP contribution in [0.3, 0.4) is 0 Å². The number of rotatable bonds is 5. The molecular weight excluding hydrogens is 402 g/mol. The molecule has 1 aliphatic heterocycles. The lowest BCUT2D eigenvalue weighted by Gasteiger charge is -2.14. The first kappa shape index (κ1) is 19.9. The van der Waals surface area contributed by atoms with Gasteiger partial charge in [-0.3, -0.25) is 4.79 Å². The highest BCUT2D eigenvalue weighted by atomic mass is 35.5. The third-order valence-corrected chi connectivity index (χ3v) is 5.24. The molecule has 5 nitrogen and oxygen atoms in total. The Bertz CT molecular complexity index is 1170. The highest BCUT2D eigenvalue weighted by Gasteiger charge is 2.25. The Balaban J connectivity index is 1.94. The van der Waals surface area contributed by atoms with Crippen LogP contribution in [0.25, 0.3) is 22.8 Å². The van der Waals surface area contributed by atoms with Crippen LogP contribution < -0.4 is 19.5 Å². The Morgan fingerprint density at radius 1 is 0.867 bits per heavy atom. The van der Waals surface area contributed by atoms with Crippen molar-refractivity contribution in [3.05, 3.63) is 70.7 Å². The standard InChI is InChI=1S/C24H20ClNO4/c1-28-17-6-4-5-14(9-17)18-13-23(30-3)22(29-2)11-15(18)10-20-19-12-16(25)7-8-21(19)26-24(20)27/h4-13H,1-3H3,(H,26,27)/b20-10+. The fraction of sp³-hybridized carbons (Fsp3) is 0.125. The van der Waals surface area contributed by atoms with Gasteiger partial charge in [0.15, 0.2) is 11.5 Å². The van der Waals surface area contributed by atoms with E-state index in [1.54, 1.807) is 39.5 Å². The Morgan fingerprint density at radius 2 is 1.63 bits per heavy atom. The van der Waals surface area contributed by atoms with E-state index < -0.39 is 0 Å². The van der Waals surface area contributed by atoms with Crippen LogP contribution in [0, 0.1) is 0 Å². The minimum atomic E-state index is -0.182. The number of halogens is 1. The van der Waals surface area contributed by atoms with Crippen molar-refractivity contribution in [2.75, 3.05) is 26.6 Å². The monoisotopic (exact) mass is 421 g/mol. The second-order valence-electron chi connectivity index (χ2n) is 6.73. The molecule has 0 radical (unpaired) electrons. The highest BCUT2D eigenvalue weighted by Crippen LogP contribution is 2.40. The van der Waals surface area contributed by atoms with E-state index in [9.17, 15) is 4.79 Å². The van der Waals surface area contributed by atoms with Gasteiger partial charge in [-0.2, -0.15) is 0 Å². The zero-order chi connectivity index (χ0) is 21.3. The molecule has 3 aromatic rings. The summed E-state index contributed by atoms with van der Waals surface area (Å²) in [5.41, 5.74) is 4.63. The summed E-state index contributed by atoms with van der Waals surface area (Å²) < 4.78 is 16.4. The number of carbonyl (C=O) groups excluding carboxylic acids is 1. The van der Waals surface area contributed by atoms with Crippen LogP contribution >= 0.6 is 11.6 Å². The molecule has 3 aromatic carbocycles. The van der Waals surface area contributed by atoms with Crippen LogP contribution in [0.15, 0.2) is 54.6 Å². The minimum absolute atomic E-state index is 0.182. The van der Waals surface area contributed by atoms with Crippen molar-refractivity contribution in [1.29, 1.82) is 0 Å². The molecule has 152 valence electrons. The number of anilines is 1. The lowest BCUT2D eigenvalue weighted by atomic mass is 9.95. The number of methoxy groups -OCH3 is 3. The summed E-state index contributed by atoms with van der Waals surface area (Å²) in [6, 6.07) is 16.8. The molecule has 0 fully saturated rings. The summed E-state index contributed by atoms with van der Waals surface area (Å²) in [5.74, 6) is 1.72. The Kier molecular flexibility index (Phi) is 5.38. The maximum Gasteiger partial charge on any atom is 0.256 e. The number of ether oxygens (including phenoxy) is 3. The van der Waals surface area contributed by atoms with Gasteiger partial charge in [-0.1, -0.05) is 23.7 Å². The van der Waals surface area contributed by atoms with E-state index in [1.807, 2.05) is 42.5 Å². The number of benzene rings is 3.